The molecule has 1 aromatic rings. The van der Waals surface area contributed by atoms with Gasteiger partial charge in [-0.2, -0.15) is 4.31 Å². The lowest BCUT2D eigenvalue weighted by Gasteiger charge is -2.23. The second-order valence-electron chi connectivity index (χ2n) is 4.46. The van der Waals surface area contributed by atoms with E-state index in [2.05, 4.69) is 0 Å². The van der Waals surface area contributed by atoms with Crippen LogP contribution < -0.4 is 0 Å². The van der Waals surface area contributed by atoms with Gasteiger partial charge in [0.1, 0.15) is 0 Å². The minimum Gasteiger partial charge on any atom is -0.212 e. The van der Waals surface area contributed by atoms with Crippen LogP contribution in [0.15, 0.2) is 17.5 Å². The van der Waals surface area contributed by atoms with E-state index in [1.54, 1.807) is 15.6 Å². The Bertz CT molecular complexity index is 446. The Hall–Kier alpha value is -0.390. The second kappa shape index (κ2) is 4.13. The van der Waals surface area contributed by atoms with Gasteiger partial charge in [-0.1, -0.05) is 13.0 Å². The molecular formula is C11H17NO2S2. The Morgan fingerprint density at radius 1 is 1.50 bits per heavy atom. The minimum absolute atomic E-state index is 0.486. The fraction of sp³-hybridized carbons (Fsp3) is 0.636. The molecule has 0 amide bonds. The van der Waals surface area contributed by atoms with Crippen molar-refractivity contribution in [3.8, 4) is 0 Å². The van der Waals surface area contributed by atoms with Crippen molar-refractivity contribution in [1.82, 2.24) is 4.31 Å². The van der Waals surface area contributed by atoms with Crippen LogP contribution >= 0.6 is 11.3 Å². The van der Waals surface area contributed by atoms with Gasteiger partial charge in [0, 0.05) is 18.0 Å². The van der Waals surface area contributed by atoms with E-state index in [1.807, 2.05) is 31.4 Å². The average Bonchev–Trinajstić information content (AvgIpc) is 2.82. The number of thiophene rings is 1. The van der Waals surface area contributed by atoms with Crippen LogP contribution in [0.5, 0.6) is 0 Å². The fourth-order valence-electron chi connectivity index (χ4n) is 1.69. The molecule has 1 saturated carbocycles. The van der Waals surface area contributed by atoms with E-state index < -0.39 is 14.8 Å². The first-order valence-corrected chi connectivity index (χ1v) is 7.84. The molecule has 3 nitrogen and oxygen atoms in total. The molecular weight excluding hydrogens is 242 g/mol. The Balaban J connectivity index is 2.17. The quantitative estimate of drug-likeness (QED) is 0.814. The topological polar surface area (TPSA) is 37.4 Å². The van der Waals surface area contributed by atoms with E-state index >= 15 is 0 Å². The fourth-order valence-corrected chi connectivity index (χ4v) is 4.38. The van der Waals surface area contributed by atoms with Crippen molar-refractivity contribution in [1.29, 1.82) is 0 Å². The molecule has 0 unspecified atom stereocenters. The molecule has 0 aromatic carbocycles. The highest BCUT2D eigenvalue weighted by atomic mass is 32.2. The van der Waals surface area contributed by atoms with Crippen molar-refractivity contribution in [3.05, 3.63) is 22.4 Å². The summed E-state index contributed by atoms with van der Waals surface area (Å²) in [5.41, 5.74) is 0. The molecule has 0 N–H and O–H groups in total. The summed E-state index contributed by atoms with van der Waals surface area (Å²) in [5, 5.41) is 1.98. The summed E-state index contributed by atoms with van der Waals surface area (Å²) in [6, 6.07) is 3.94. The van der Waals surface area contributed by atoms with Gasteiger partial charge in [-0.15, -0.1) is 11.3 Å². The van der Waals surface area contributed by atoms with Crippen LogP contribution in [0.1, 0.15) is 31.6 Å². The number of hydrogen-bond donors (Lipinski definition) is 0. The van der Waals surface area contributed by atoms with Gasteiger partial charge >= 0.3 is 0 Å². The molecule has 0 atom stereocenters. The lowest BCUT2D eigenvalue weighted by molar-refractivity contribution is 0.417. The molecule has 0 radical (unpaired) electrons. The molecule has 16 heavy (non-hydrogen) atoms. The van der Waals surface area contributed by atoms with E-state index in [4.69, 9.17) is 0 Å². The van der Waals surface area contributed by atoms with Crippen molar-refractivity contribution in [3.63, 3.8) is 0 Å². The molecule has 2 rings (SSSR count). The van der Waals surface area contributed by atoms with Crippen LogP contribution in [-0.4, -0.2) is 24.0 Å². The highest BCUT2D eigenvalue weighted by molar-refractivity contribution is 7.90. The molecule has 5 heteroatoms. The van der Waals surface area contributed by atoms with Gasteiger partial charge in [-0.05, 0) is 31.2 Å². The zero-order chi connectivity index (χ0) is 11.8. The van der Waals surface area contributed by atoms with Crippen LogP contribution in [0, 0.1) is 0 Å². The van der Waals surface area contributed by atoms with Crippen LogP contribution in [0.2, 0.25) is 0 Å². The first-order chi connectivity index (χ1) is 7.49. The highest BCUT2D eigenvalue weighted by Crippen LogP contribution is 2.44. The molecule has 90 valence electrons. The summed E-state index contributed by atoms with van der Waals surface area (Å²) in [6.45, 7) is 4.82. The maximum atomic E-state index is 12.3. The van der Waals surface area contributed by atoms with Crippen molar-refractivity contribution < 1.29 is 8.42 Å². The van der Waals surface area contributed by atoms with Gasteiger partial charge in [0.15, 0.2) is 0 Å². The predicted molar refractivity (Wildman–Crippen MR) is 67.0 cm³/mol. The van der Waals surface area contributed by atoms with E-state index in [0.29, 0.717) is 13.1 Å². The lowest BCUT2D eigenvalue weighted by atomic mass is 10.4. The van der Waals surface area contributed by atoms with Gasteiger partial charge in [0.05, 0.1) is 4.75 Å². The zero-order valence-electron chi connectivity index (χ0n) is 9.64. The van der Waals surface area contributed by atoms with E-state index in [1.165, 1.54) is 0 Å². The highest BCUT2D eigenvalue weighted by Gasteiger charge is 2.52. The van der Waals surface area contributed by atoms with Gasteiger partial charge in [0.25, 0.3) is 0 Å². The van der Waals surface area contributed by atoms with Crippen LogP contribution in [0.3, 0.4) is 0 Å². The third-order valence-electron chi connectivity index (χ3n) is 3.18. The van der Waals surface area contributed by atoms with Crippen LogP contribution in [0.4, 0.5) is 0 Å². The van der Waals surface area contributed by atoms with Crippen molar-refractivity contribution in [2.24, 2.45) is 0 Å². The number of sulfonamides is 1. The molecule has 1 aliphatic rings. The van der Waals surface area contributed by atoms with Crippen molar-refractivity contribution in [2.75, 3.05) is 6.54 Å². The Labute approximate surface area is 101 Å². The summed E-state index contributed by atoms with van der Waals surface area (Å²) in [5.74, 6) is 0. The molecule has 1 aromatic heterocycles. The summed E-state index contributed by atoms with van der Waals surface area (Å²) in [6.07, 6.45) is 1.60. The van der Waals surface area contributed by atoms with Crippen molar-refractivity contribution >= 4 is 21.4 Å². The largest absolute Gasteiger partial charge is 0.219 e. The number of nitrogens with zero attached hydrogens (tertiary/aromatic N) is 1. The van der Waals surface area contributed by atoms with Gasteiger partial charge in [-0.3, -0.25) is 0 Å². The lowest BCUT2D eigenvalue weighted by Crippen LogP contribution is -2.38. The monoisotopic (exact) mass is 259 g/mol. The molecule has 1 heterocycles. The Kier molecular flexibility index (Phi) is 3.11. The summed E-state index contributed by atoms with van der Waals surface area (Å²) < 4.78 is 25.7. The SMILES string of the molecule is CCN(Cc1cccs1)S(=O)(=O)C1(C)CC1. The predicted octanol–water partition coefficient (Wildman–Crippen LogP) is 2.45. The molecule has 0 spiro atoms. The zero-order valence-corrected chi connectivity index (χ0v) is 11.3. The number of hydrogen-bond acceptors (Lipinski definition) is 3. The van der Waals surface area contributed by atoms with E-state index in [-0.39, 0.29) is 0 Å². The first kappa shape index (κ1) is 12.1. The Morgan fingerprint density at radius 3 is 2.62 bits per heavy atom. The van der Waals surface area contributed by atoms with Gasteiger partial charge in [0.2, 0.25) is 10.0 Å². The van der Waals surface area contributed by atoms with Crippen LogP contribution in [-0.2, 0) is 16.6 Å². The molecule has 0 aliphatic heterocycles. The second-order valence-corrected chi connectivity index (χ2v) is 7.94. The Morgan fingerprint density at radius 2 is 2.19 bits per heavy atom. The molecule has 1 fully saturated rings. The first-order valence-electron chi connectivity index (χ1n) is 5.52. The summed E-state index contributed by atoms with van der Waals surface area (Å²) >= 11 is 1.61. The molecule has 1 aliphatic carbocycles. The van der Waals surface area contributed by atoms with Crippen LogP contribution in [0.25, 0.3) is 0 Å². The average molecular weight is 259 g/mol. The molecule has 0 bridgehead atoms. The normalized spacial score (nSPS) is 18.9. The maximum Gasteiger partial charge on any atom is 0.219 e. The van der Waals surface area contributed by atoms with E-state index in [0.717, 1.165) is 17.7 Å². The van der Waals surface area contributed by atoms with E-state index in [9.17, 15) is 8.42 Å². The smallest absolute Gasteiger partial charge is 0.212 e. The number of rotatable bonds is 5. The minimum atomic E-state index is -3.11. The standard InChI is InChI=1S/C11H17NO2S2/c1-3-12(9-10-5-4-8-15-10)16(13,14)11(2)6-7-11/h4-5,8H,3,6-7,9H2,1-2H3. The third kappa shape index (κ3) is 2.04. The van der Waals surface area contributed by atoms with Gasteiger partial charge < -0.3 is 0 Å². The summed E-state index contributed by atoms with van der Waals surface area (Å²) in [7, 11) is -3.11. The summed E-state index contributed by atoms with van der Waals surface area (Å²) in [4.78, 5) is 1.11. The maximum absolute atomic E-state index is 12.3. The third-order valence-corrected chi connectivity index (χ3v) is 6.76. The molecule has 0 saturated heterocycles. The van der Waals surface area contributed by atoms with Crippen molar-refractivity contribution in [2.45, 2.75) is 38.0 Å². The van der Waals surface area contributed by atoms with Gasteiger partial charge in [-0.25, -0.2) is 8.42 Å².